The molecule has 4 rings (SSSR count). The number of carbonyl (C=O) groups excluding carboxylic acids is 2. The third kappa shape index (κ3) is 4.10. The molecule has 0 spiro atoms. The van der Waals surface area contributed by atoms with Gasteiger partial charge in [-0.05, 0) is 0 Å². The summed E-state index contributed by atoms with van der Waals surface area (Å²) in [7, 11) is 15.9. The number of amides is 2. The van der Waals surface area contributed by atoms with Crippen molar-refractivity contribution in [2.75, 3.05) is 0 Å². The van der Waals surface area contributed by atoms with Crippen molar-refractivity contribution in [3.05, 3.63) is 82.9 Å². The zero-order valence-electron chi connectivity index (χ0n) is 18.1. The van der Waals surface area contributed by atoms with Gasteiger partial charge in [-0.1, -0.05) is 0 Å². The summed E-state index contributed by atoms with van der Waals surface area (Å²) in [5, 5.41) is 0. The van der Waals surface area contributed by atoms with Crippen molar-refractivity contribution in [3.63, 3.8) is 0 Å². The molecule has 2 amide bonds. The summed E-state index contributed by atoms with van der Waals surface area (Å²) in [6.45, 7) is 3.61. The molecule has 4 nitrogen and oxygen atoms in total. The topological polar surface area (TPSA) is 58.2 Å². The minimum absolute atomic E-state index is 0.102. The standard InChI is InChI=1S/2C9H7.2C3H7NO.2ClH.In.Zr/c2*1-2-5-9-7-3-6-8(9)4-1;2*1-2-3(4)5;;;;/h2*1-7H;2*2H2,1H3,(H2,4,5);2*1H;;/q;;;;;;2*+2/p-4. The first-order chi connectivity index (χ1) is 15.3. The summed E-state index contributed by atoms with van der Waals surface area (Å²) in [4.78, 5) is 25.3. The molecule has 2 aromatic rings. The Labute approximate surface area is 201 Å². The van der Waals surface area contributed by atoms with Gasteiger partial charge < -0.3 is 0 Å². The molecule has 32 heavy (non-hydrogen) atoms. The summed E-state index contributed by atoms with van der Waals surface area (Å²) < 4.78 is 6.08. The number of rotatable bonds is 7. The molecule has 2 aliphatic carbocycles. The normalized spacial score (nSPS) is 19.6. The first-order valence-electron chi connectivity index (χ1n) is 11.0. The van der Waals surface area contributed by atoms with Gasteiger partial charge in [-0.2, -0.15) is 0 Å². The van der Waals surface area contributed by atoms with E-state index in [4.69, 9.17) is 17.0 Å². The van der Waals surface area contributed by atoms with Crippen LogP contribution in [0, 0.1) is 0 Å². The number of halogens is 2. The van der Waals surface area contributed by atoms with Crippen LogP contribution in [0.2, 0.25) is 0 Å². The van der Waals surface area contributed by atoms with Gasteiger partial charge in [0.25, 0.3) is 0 Å². The predicted octanol–water partition coefficient (Wildman–Crippen LogP) is 5.56. The average Bonchev–Trinajstić information content (AvgIpc) is 3.44. The van der Waals surface area contributed by atoms with Crippen molar-refractivity contribution in [1.82, 2.24) is 6.61 Å². The van der Waals surface area contributed by atoms with Crippen molar-refractivity contribution in [2.24, 2.45) is 0 Å². The van der Waals surface area contributed by atoms with Gasteiger partial charge in [-0.3, -0.25) is 0 Å². The van der Waals surface area contributed by atoms with E-state index in [1.54, 1.807) is 0 Å². The van der Waals surface area contributed by atoms with Crippen LogP contribution in [-0.2, 0) is 21.3 Å². The fourth-order valence-corrected chi connectivity index (χ4v) is 68.4. The quantitative estimate of drug-likeness (QED) is 0.413. The van der Waals surface area contributed by atoms with Crippen molar-refractivity contribution in [2.45, 2.75) is 33.9 Å². The summed E-state index contributed by atoms with van der Waals surface area (Å²) >= 11 is -8.77. The molecule has 0 aliphatic heterocycles. The van der Waals surface area contributed by atoms with Gasteiger partial charge in [0, 0.05) is 0 Å². The van der Waals surface area contributed by atoms with Crippen molar-refractivity contribution in [1.29, 1.82) is 0 Å². The molecule has 0 saturated carbocycles. The molecule has 0 radical (unpaired) electrons. The van der Waals surface area contributed by atoms with Crippen LogP contribution < -0.4 is 6.61 Å². The zero-order valence-corrected chi connectivity index (χ0v) is 25.4. The SMILES string of the molecule is CCC(=O)[NH][In]([NH]C(=O)CC)[Zr]([Cl])([Cl])([CH]1C=Cc2ccccc21)[CH]1C=Cc2ccccc21. The van der Waals surface area contributed by atoms with Gasteiger partial charge in [-0.15, -0.1) is 0 Å². The Hall–Kier alpha value is -0.807. The number of fused-ring (bicyclic) bond motifs is 2. The second-order valence-electron chi connectivity index (χ2n) is 8.43. The van der Waals surface area contributed by atoms with Gasteiger partial charge in [0.15, 0.2) is 0 Å². The van der Waals surface area contributed by atoms with Gasteiger partial charge in [0.05, 0.1) is 0 Å². The van der Waals surface area contributed by atoms with Crippen molar-refractivity contribution >= 4 is 58.3 Å². The Kier molecular flexibility index (Phi) is 7.18. The fraction of sp³-hybridized carbons (Fsp3) is 0.250. The van der Waals surface area contributed by atoms with E-state index in [2.05, 4.69) is 55.2 Å². The van der Waals surface area contributed by atoms with E-state index in [1.165, 1.54) is 0 Å². The van der Waals surface area contributed by atoms with Crippen molar-refractivity contribution in [3.8, 4) is 0 Å². The van der Waals surface area contributed by atoms with Gasteiger partial charge in [0.1, 0.15) is 0 Å². The fourth-order valence-electron chi connectivity index (χ4n) is 4.85. The molecule has 0 bridgehead atoms. The third-order valence-corrected chi connectivity index (χ3v) is 79.5. The zero-order chi connectivity index (χ0) is 23.0. The van der Waals surface area contributed by atoms with Crippen molar-refractivity contribution < 1.29 is 21.3 Å². The molecular weight excluding hydrogens is 625 g/mol. The number of hydrogen-bond acceptors (Lipinski definition) is 2. The van der Waals surface area contributed by atoms with Crippen LogP contribution in [-0.4, -0.2) is 29.1 Å². The molecule has 2 atom stereocenters. The minimum atomic E-state index is -5.09. The molecule has 0 heterocycles. The number of carbonyl (C=O) groups is 2. The van der Waals surface area contributed by atoms with Crippen LogP contribution in [0.5, 0.6) is 0 Å². The molecule has 2 aliphatic rings. The summed E-state index contributed by atoms with van der Waals surface area (Å²) in [6.07, 6.45) is 9.03. The molecule has 2 N–H and O–H groups in total. The van der Waals surface area contributed by atoms with E-state index in [0.29, 0.717) is 12.8 Å². The van der Waals surface area contributed by atoms with Crippen LogP contribution in [0.4, 0.5) is 0 Å². The van der Waals surface area contributed by atoms with Gasteiger partial charge in [0.2, 0.25) is 0 Å². The third-order valence-electron chi connectivity index (χ3n) is 6.59. The molecule has 0 saturated heterocycles. The summed E-state index contributed by atoms with van der Waals surface area (Å²) in [6, 6.07) is 16.3. The maximum absolute atomic E-state index is 12.7. The van der Waals surface area contributed by atoms with E-state index in [0.717, 1.165) is 22.3 Å². The second kappa shape index (κ2) is 9.45. The molecule has 2 unspecified atom stereocenters. The molecule has 8 heteroatoms. The number of nitrogens with one attached hydrogen (secondary N) is 2. The van der Waals surface area contributed by atoms with E-state index < -0.39 is 29.0 Å². The molecule has 0 aromatic heterocycles. The first-order valence-corrected chi connectivity index (χ1v) is 34.6. The van der Waals surface area contributed by atoms with Crippen LogP contribution >= 0.6 is 17.0 Å². The monoisotopic (exact) mass is 649 g/mol. The van der Waals surface area contributed by atoms with E-state index in [1.807, 2.05) is 38.1 Å². The second-order valence-corrected chi connectivity index (χ2v) is 75.6. The van der Waals surface area contributed by atoms with Gasteiger partial charge in [-0.25, -0.2) is 0 Å². The Morgan fingerprint density at radius 2 is 1.22 bits per heavy atom. The molecule has 0 fully saturated rings. The maximum atomic E-state index is 12.7. The number of hydrogen-bond donors (Lipinski definition) is 2. The van der Waals surface area contributed by atoms with Crippen LogP contribution in [0.15, 0.2) is 60.7 Å². The summed E-state index contributed by atoms with van der Waals surface area (Å²) in [5.74, 6) is -0.205. The molecule has 2 aromatic carbocycles. The Morgan fingerprint density at radius 3 is 1.62 bits per heavy atom. The van der Waals surface area contributed by atoms with E-state index in [-0.39, 0.29) is 19.1 Å². The Balaban J connectivity index is 1.94. The molecule has 165 valence electrons. The van der Waals surface area contributed by atoms with E-state index >= 15 is 0 Å². The Bertz CT molecular complexity index is 1050. The summed E-state index contributed by atoms with van der Waals surface area (Å²) in [5.41, 5.74) is 4.39. The Morgan fingerprint density at radius 1 is 0.812 bits per heavy atom. The van der Waals surface area contributed by atoms with Crippen LogP contribution in [0.3, 0.4) is 0 Å². The predicted molar refractivity (Wildman–Crippen MR) is 131 cm³/mol. The van der Waals surface area contributed by atoms with E-state index in [9.17, 15) is 9.59 Å². The average molecular weight is 651 g/mol. The number of benzene rings is 2. The molecular formula is C24H26Cl2InN2O2Zr. The first kappa shape index (κ1) is 24.3. The number of allylic oxidation sites excluding steroid dienone is 2. The van der Waals surface area contributed by atoms with Crippen LogP contribution in [0.1, 0.15) is 56.2 Å². The van der Waals surface area contributed by atoms with Gasteiger partial charge >= 0.3 is 203 Å². The van der Waals surface area contributed by atoms with Crippen LogP contribution in [0.25, 0.3) is 12.2 Å².